The Kier molecular flexibility index (Phi) is 5.86. The number of hydrogen-bond donors (Lipinski definition) is 1. The minimum absolute atomic E-state index is 0.227. The maximum atomic E-state index is 12.9. The molecule has 0 aliphatic rings. The van der Waals surface area contributed by atoms with Gasteiger partial charge in [0.1, 0.15) is 12.4 Å². The van der Waals surface area contributed by atoms with Crippen molar-refractivity contribution in [2.45, 2.75) is 26.4 Å². The van der Waals surface area contributed by atoms with E-state index in [0.29, 0.717) is 5.69 Å². The van der Waals surface area contributed by atoms with Crippen LogP contribution in [0.3, 0.4) is 0 Å². The summed E-state index contributed by atoms with van der Waals surface area (Å²) in [4.78, 5) is 34.8. The number of aryl methyl sites for hydroxylation is 1. The van der Waals surface area contributed by atoms with Gasteiger partial charge in [-0.2, -0.15) is 0 Å². The van der Waals surface area contributed by atoms with Gasteiger partial charge in [0.25, 0.3) is 5.91 Å². The van der Waals surface area contributed by atoms with E-state index >= 15 is 0 Å². The molecule has 0 bridgehead atoms. The maximum absolute atomic E-state index is 12.9. The molecular weight excluding hydrogens is 335 g/mol. The Balaban J connectivity index is 1.81. The number of amides is 1. The Morgan fingerprint density at radius 2 is 2.00 bits per heavy atom. The lowest BCUT2D eigenvalue weighted by atomic mass is 10.1. The Labute approximate surface area is 141 Å². The van der Waals surface area contributed by atoms with E-state index in [-0.39, 0.29) is 23.3 Å². The van der Waals surface area contributed by atoms with E-state index in [4.69, 9.17) is 4.74 Å². The van der Waals surface area contributed by atoms with Gasteiger partial charge in [-0.3, -0.25) is 19.0 Å². The normalized spacial score (nSPS) is 11.8. The number of benzene rings is 1. The number of rotatable bonds is 6. The third-order valence-electron chi connectivity index (χ3n) is 3.38. The fraction of sp³-hybridized carbons (Fsp3) is 0.312. The molecule has 0 spiro atoms. The Morgan fingerprint density at radius 3 is 2.58 bits per heavy atom. The minimum Gasteiger partial charge on any atom is -0.454 e. The summed E-state index contributed by atoms with van der Waals surface area (Å²) in [5.41, 5.74) is 1.40. The average Bonchev–Trinajstić information content (AvgIpc) is 2.85. The van der Waals surface area contributed by atoms with Crippen LogP contribution < -0.4 is 10.2 Å². The average molecular weight is 352 g/mol. The van der Waals surface area contributed by atoms with Crippen molar-refractivity contribution in [3.8, 4) is 0 Å². The summed E-state index contributed by atoms with van der Waals surface area (Å²) in [5, 5.41) is 4.29. The Morgan fingerprint density at radius 1 is 1.33 bits per heavy atom. The van der Waals surface area contributed by atoms with Gasteiger partial charge in [0, 0.05) is 11.1 Å². The smallest absolute Gasteiger partial charge is 0.326 e. The molecule has 2 rings (SSSR count). The third kappa shape index (κ3) is 4.76. The molecular formula is C16H17FN2O4S. The molecule has 1 heterocycles. The molecule has 0 saturated heterocycles. The predicted octanol–water partition coefficient (Wildman–Crippen LogP) is 1.78. The van der Waals surface area contributed by atoms with Crippen LogP contribution in [-0.2, 0) is 20.9 Å². The lowest BCUT2D eigenvalue weighted by Gasteiger charge is -2.14. The van der Waals surface area contributed by atoms with Crippen LogP contribution in [0, 0.1) is 12.7 Å². The highest BCUT2D eigenvalue weighted by atomic mass is 32.1. The molecule has 1 unspecified atom stereocenters. The Bertz CT molecular complexity index is 782. The van der Waals surface area contributed by atoms with Crippen LogP contribution in [0.2, 0.25) is 0 Å². The summed E-state index contributed by atoms with van der Waals surface area (Å²) in [6.45, 7) is 2.78. The second-order valence-corrected chi connectivity index (χ2v) is 6.05. The number of esters is 1. The molecule has 6 nitrogen and oxygen atoms in total. The van der Waals surface area contributed by atoms with E-state index in [9.17, 15) is 18.8 Å². The van der Waals surface area contributed by atoms with Gasteiger partial charge < -0.3 is 10.1 Å². The van der Waals surface area contributed by atoms with E-state index in [2.05, 4.69) is 5.32 Å². The first kappa shape index (κ1) is 17.9. The molecule has 1 amide bonds. The molecule has 0 radical (unpaired) electrons. The Hall–Kier alpha value is -2.48. The predicted molar refractivity (Wildman–Crippen MR) is 87.2 cm³/mol. The third-order valence-corrected chi connectivity index (χ3v) is 4.26. The summed E-state index contributed by atoms with van der Waals surface area (Å²) in [6.07, 6.45) is 0. The second kappa shape index (κ2) is 7.87. The molecule has 1 aromatic heterocycles. The minimum atomic E-state index is -0.664. The van der Waals surface area contributed by atoms with E-state index in [0.717, 1.165) is 16.9 Å². The summed E-state index contributed by atoms with van der Waals surface area (Å²) in [7, 11) is 0. The van der Waals surface area contributed by atoms with Crippen molar-refractivity contribution in [2.75, 3.05) is 6.61 Å². The zero-order valence-electron chi connectivity index (χ0n) is 13.2. The summed E-state index contributed by atoms with van der Waals surface area (Å²) < 4.78 is 19.0. The number of carbonyl (C=O) groups is 2. The van der Waals surface area contributed by atoms with Gasteiger partial charge in [0.2, 0.25) is 0 Å². The van der Waals surface area contributed by atoms with Crippen LogP contribution in [0.5, 0.6) is 0 Å². The first-order valence-electron chi connectivity index (χ1n) is 7.22. The fourth-order valence-electron chi connectivity index (χ4n) is 2.03. The number of nitrogens with zero attached hydrogens (tertiary/aromatic N) is 1. The van der Waals surface area contributed by atoms with Gasteiger partial charge in [-0.15, -0.1) is 0 Å². The van der Waals surface area contributed by atoms with Crippen molar-refractivity contribution in [1.29, 1.82) is 0 Å². The van der Waals surface area contributed by atoms with Crippen LogP contribution in [0.25, 0.3) is 0 Å². The molecule has 8 heteroatoms. The first-order chi connectivity index (χ1) is 11.4. The van der Waals surface area contributed by atoms with Crippen molar-refractivity contribution in [1.82, 2.24) is 9.88 Å². The van der Waals surface area contributed by atoms with Crippen molar-refractivity contribution < 1.29 is 18.7 Å². The lowest BCUT2D eigenvalue weighted by Crippen LogP contribution is -2.32. The van der Waals surface area contributed by atoms with E-state index in [1.165, 1.54) is 16.7 Å². The lowest BCUT2D eigenvalue weighted by molar-refractivity contribution is -0.149. The molecule has 1 aromatic carbocycles. The summed E-state index contributed by atoms with van der Waals surface area (Å²) in [6, 6.07) is 5.40. The van der Waals surface area contributed by atoms with Crippen LogP contribution in [-0.4, -0.2) is 23.1 Å². The zero-order chi connectivity index (χ0) is 17.7. The van der Waals surface area contributed by atoms with Gasteiger partial charge in [0.05, 0.1) is 6.04 Å². The van der Waals surface area contributed by atoms with E-state index in [1.54, 1.807) is 31.4 Å². The maximum Gasteiger partial charge on any atom is 0.326 e. The molecule has 24 heavy (non-hydrogen) atoms. The molecule has 0 aliphatic carbocycles. The number of carbonyl (C=O) groups excluding carboxylic acids is 2. The SMILES string of the molecule is Cc1csc(=O)n1CC(=O)OCC(=O)NC(C)c1ccc(F)cc1. The molecule has 1 atom stereocenters. The number of aromatic nitrogens is 1. The summed E-state index contributed by atoms with van der Waals surface area (Å²) >= 11 is 0.998. The van der Waals surface area contributed by atoms with Gasteiger partial charge in [0.15, 0.2) is 6.61 Å². The van der Waals surface area contributed by atoms with Gasteiger partial charge in [-0.05, 0) is 31.5 Å². The van der Waals surface area contributed by atoms with Gasteiger partial charge in [-0.1, -0.05) is 23.5 Å². The van der Waals surface area contributed by atoms with Crippen molar-refractivity contribution in [3.05, 3.63) is 56.4 Å². The number of nitrogens with one attached hydrogen (secondary N) is 1. The second-order valence-electron chi connectivity index (χ2n) is 5.23. The molecule has 0 aliphatic heterocycles. The number of halogens is 1. The highest BCUT2D eigenvalue weighted by molar-refractivity contribution is 7.07. The quantitative estimate of drug-likeness (QED) is 0.804. The molecule has 128 valence electrons. The first-order valence-corrected chi connectivity index (χ1v) is 8.10. The van der Waals surface area contributed by atoms with Crippen LogP contribution in [0.4, 0.5) is 4.39 Å². The largest absolute Gasteiger partial charge is 0.454 e. The van der Waals surface area contributed by atoms with Crippen molar-refractivity contribution in [2.24, 2.45) is 0 Å². The summed E-state index contributed by atoms with van der Waals surface area (Å²) in [5.74, 6) is -1.50. The number of hydrogen-bond acceptors (Lipinski definition) is 5. The number of thiazole rings is 1. The van der Waals surface area contributed by atoms with E-state index < -0.39 is 18.5 Å². The topological polar surface area (TPSA) is 77.4 Å². The van der Waals surface area contributed by atoms with Gasteiger partial charge in [-0.25, -0.2) is 4.39 Å². The molecule has 0 saturated carbocycles. The standard InChI is InChI=1S/C16H17FN2O4S/c1-10-9-24-16(22)19(10)7-15(21)23-8-14(20)18-11(2)12-3-5-13(17)6-4-12/h3-6,9,11H,7-8H2,1-2H3,(H,18,20). The monoisotopic (exact) mass is 352 g/mol. The van der Waals surface area contributed by atoms with E-state index in [1.807, 2.05) is 0 Å². The molecule has 0 fully saturated rings. The van der Waals surface area contributed by atoms with Crippen molar-refractivity contribution >= 4 is 23.2 Å². The van der Waals surface area contributed by atoms with Gasteiger partial charge >= 0.3 is 10.8 Å². The van der Waals surface area contributed by atoms with Crippen molar-refractivity contribution in [3.63, 3.8) is 0 Å². The zero-order valence-corrected chi connectivity index (χ0v) is 14.1. The highest BCUT2D eigenvalue weighted by Crippen LogP contribution is 2.12. The van der Waals surface area contributed by atoms with Crippen LogP contribution in [0.1, 0.15) is 24.2 Å². The van der Waals surface area contributed by atoms with Crippen LogP contribution >= 0.6 is 11.3 Å². The molecule has 2 aromatic rings. The van der Waals surface area contributed by atoms with Crippen LogP contribution in [0.15, 0.2) is 34.4 Å². The fourth-order valence-corrected chi connectivity index (χ4v) is 2.77. The number of ether oxygens (including phenoxy) is 1. The molecule has 1 N–H and O–H groups in total. The highest BCUT2D eigenvalue weighted by Gasteiger charge is 2.14.